The van der Waals surface area contributed by atoms with Gasteiger partial charge in [-0.25, -0.2) is 0 Å². The largest absolute Gasteiger partial charge is 0.399 e. The predicted molar refractivity (Wildman–Crippen MR) is 53.3 cm³/mol. The number of anilines is 2. The zero-order valence-electron chi connectivity index (χ0n) is 7.69. The molecule has 5 nitrogen and oxygen atoms in total. The third-order valence-corrected chi connectivity index (χ3v) is 1.93. The normalized spacial score (nSPS) is 10.4. The molecule has 0 saturated carbocycles. The van der Waals surface area contributed by atoms with Gasteiger partial charge in [0.05, 0.1) is 0 Å². The molecule has 0 aliphatic carbocycles. The fraction of sp³-hybridized carbons (Fsp3) is 0.111. The van der Waals surface area contributed by atoms with E-state index in [4.69, 9.17) is 16.0 Å². The van der Waals surface area contributed by atoms with Crippen LogP contribution >= 0.6 is 0 Å². The Labute approximate surface area is 80.7 Å². The molecule has 1 aromatic carbocycles. The lowest BCUT2D eigenvalue weighted by Gasteiger charge is -2.00. The monoisotopic (exact) mass is 190 g/mol. The number of hydrogen-bond acceptors (Lipinski definition) is 5. The van der Waals surface area contributed by atoms with E-state index in [9.17, 15) is 0 Å². The number of hydrogen-bond donors (Lipinski definition) is 2. The molecular formula is C9H10N4O. The van der Waals surface area contributed by atoms with Crippen LogP contribution in [0.5, 0.6) is 0 Å². The van der Waals surface area contributed by atoms with Crippen molar-refractivity contribution in [1.82, 2.24) is 10.1 Å². The van der Waals surface area contributed by atoms with Gasteiger partial charge in [-0.1, -0.05) is 6.07 Å². The summed E-state index contributed by atoms with van der Waals surface area (Å²) in [6.45, 7) is 1.94. The van der Waals surface area contributed by atoms with Gasteiger partial charge in [0.25, 0.3) is 11.8 Å². The lowest BCUT2D eigenvalue weighted by molar-refractivity contribution is 0.433. The van der Waals surface area contributed by atoms with Crippen LogP contribution < -0.4 is 11.5 Å². The highest BCUT2D eigenvalue weighted by Gasteiger charge is 2.09. The van der Waals surface area contributed by atoms with Crippen LogP contribution in [-0.4, -0.2) is 10.1 Å². The van der Waals surface area contributed by atoms with Gasteiger partial charge in [-0.3, -0.25) is 0 Å². The Morgan fingerprint density at radius 2 is 2.07 bits per heavy atom. The number of nitrogen functional groups attached to an aromatic ring is 2. The van der Waals surface area contributed by atoms with Gasteiger partial charge in [0.15, 0.2) is 0 Å². The van der Waals surface area contributed by atoms with Crippen LogP contribution in [0.15, 0.2) is 22.7 Å². The first-order valence-corrected chi connectivity index (χ1v) is 4.12. The summed E-state index contributed by atoms with van der Waals surface area (Å²) in [7, 11) is 0. The zero-order valence-corrected chi connectivity index (χ0v) is 7.69. The highest BCUT2D eigenvalue weighted by molar-refractivity contribution is 5.64. The van der Waals surface area contributed by atoms with Crippen LogP contribution in [0.2, 0.25) is 0 Å². The Hall–Kier alpha value is -2.04. The van der Waals surface area contributed by atoms with Crippen molar-refractivity contribution in [1.29, 1.82) is 0 Å². The topological polar surface area (TPSA) is 91.0 Å². The predicted octanol–water partition coefficient (Wildman–Crippen LogP) is 1.21. The van der Waals surface area contributed by atoms with Gasteiger partial charge >= 0.3 is 0 Å². The summed E-state index contributed by atoms with van der Waals surface area (Å²) in [5.74, 6) is 0.522. The van der Waals surface area contributed by atoms with E-state index >= 15 is 0 Å². The smallest absolute Gasteiger partial charge is 0.261 e. The van der Waals surface area contributed by atoms with E-state index in [2.05, 4.69) is 10.1 Å². The summed E-state index contributed by atoms with van der Waals surface area (Å²) in [4.78, 5) is 3.93. The third kappa shape index (κ3) is 1.39. The molecule has 0 bridgehead atoms. The molecule has 5 heteroatoms. The molecule has 2 rings (SSSR count). The highest BCUT2D eigenvalue weighted by atomic mass is 16.5. The minimum Gasteiger partial charge on any atom is -0.399 e. The number of benzene rings is 1. The Kier molecular flexibility index (Phi) is 1.85. The van der Waals surface area contributed by atoms with Crippen molar-refractivity contribution in [2.45, 2.75) is 6.92 Å². The fourth-order valence-electron chi connectivity index (χ4n) is 1.21. The van der Waals surface area contributed by atoms with Crippen LogP contribution in [-0.2, 0) is 0 Å². The van der Waals surface area contributed by atoms with Gasteiger partial charge in [-0.2, -0.15) is 4.98 Å². The molecule has 72 valence electrons. The van der Waals surface area contributed by atoms with Crippen molar-refractivity contribution in [2.75, 3.05) is 11.5 Å². The van der Waals surface area contributed by atoms with Crippen LogP contribution in [0.3, 0.4) is 0 Å². The molecule has 0 saturated heterocycles. The van der Waals surface area contributed by atoms with Gasteiger partial charge in [-0.05, 0) is 29.8 Å². The van der Waals surface area contributed by atoms with E-state index in [1.165, 1.54) is 0 Å². The Bertz CT molecular complexity index is 464. The minimum absolute atomic E-state index is 0.127. The molecule has 0 amide bonds. The van der Waals surface area contributed by atoms with Gasteiger partial charge in [-0.15, -0.1) is 0 Å². The summed E-state index contributed by atoms with van der Waals surface area (Å²) in [6.07, 6.45) is 0. The van der Waals surface area contributed by atoms with Crippen LogP contribution in [0.1, 0.15) is 5.56 Å². The number of nitrogens with zero attached hydrogens (tertiary/aromatic N) is 2. The molecule has 1 aromatic heterocycles. The summed E-state index contributed by atoms with van der Waals surface area (Å²) in [5.41, 5.74) is 13.5. The lowest BCUT2D eigenvalue weighted by atomic mass is 10.1. The summed E-state index contributed by atoms with van der Waals surface area (Å²) in [5, 5.41) is 3.51. The van der Waals surface area contributed by atoms with Crippen molar-refractivity contribution < 1.29 is 4.52 Å². The molecule has 2 aromatic rings. The molecule has 1 heterocycles. The van der Waals surface area contributed by atoms with E-state index in [0.717, 1.165) is 11.1 Å². The number of nitrogens with two attached hydrogens (primary N) is 2. The molecule has 0 aliphatic heterocycles. The molecule has 0 radical (unpaired) electrons. The molecule has 0 aliphatic rings. The number of aryl methyl sites for hydroxylation is 1. The Morgan fingerprint density at radius 1 is 1.29 bits per heavy atom. The number of aromatic nitrogens is 2. The van der Waals surface area contributed by atoms with Gasteiger partial charge in [0.1, 0.15) is 0 Å². The summed E-state index contributed by atoms with van der Waals surface area (Å²) in [6, 6.07) is 5.49. The average molecular weight is 190 g/mol. The molecule has 14 heavy (non-hydrogen) atoms. The maximum atomic E-state index is 5.65. The fourth-order valence-corrected chi connectivity index (χ4v) is 1.21. The van der Waals surface area contributed by atoms with Crippen LogP contribution in [0.25, 0.3) is 11.5 Å². The minimum atomic E-state index is 0.127. The average Bonchev–Trinajstić information content (AvgIpc) is 2.56. The molecule has 0 fully saturated rings. The van der Waals surface area contributed by atoms with E-state index in [1.54, 1.807) is 6.07 Å². The van der Waals surface area contributed by atoms with Gasteiger partial charge in [0, 0.05) is 11.3 Å². The first-order valence-electron chi connectivity index (χ1n) is 4.12. The Balaban J connectivity index is 2.55. The highest BCUT2D eigenvalue weighted by Crippen LogP contribution is 2.24. The Morgan fingerprint density at radius 3 is 2.71 bits per heavy atom. The SMILES string of the molecule is Cc1ccc(N)cc1-c1nc(N)no1. The molecule has 0 atom stereocenters. The molecule has 4 N–H and O–H groups in total. The van der Waals surface area contributed by atoms with Crippen molar-refractivity contribution in [3.05, 3.63) is 23.8 Å². The van der Waals surface area contributed by atoms with E-state index in [1.807, 2.05) is 19.1 Å². The summed E-state index contributed by atoms with van der Waals surface area (Å²) < 4.78 is 4.94. The standard InChI is InChI=1S/C9H10N4O/c1-5-2-3-6(10)4-7(5)8-12-9(11)13-14-8/h2-4H,10H2,1H3,(H2,11,13). The second-order valence-corrected chi connectivity index (χ2v) is 3.03. The van der Waals surface area contributed by atoms with Crippen molar-refractivity contribution in [3.8, 4) is 11.5 Å². The quantitative estimate of drug-likeness (QED) is 0.659. The molecular weight excluding hydrogens is 180 g/mol. The van der Waals surface area contributed by atoms with Crippen molar-refractivity contribution >= 4 is 11.6 Å². The van der Waals surface area contributed by atoms with E-state index in [0.29, 0.717) is 11.6 Å². The second-order valence-electron chi connectivity index (χ2n) is 3.03. The zero-order chi connectivity index (χ0) is 10.1. The lowest BCUT2D eigenvalue weighted by Crippen LogP contribution is -1.90. The maximum Gasteiger partial charge on any atom is 0.261 e. The van der Waals surface area contributed by atoms with Crippen molar-refractivity contribution in [2.24, 2.45) is 0 Å². The second kappa shape index (κ2) is 3.02. The van der Waals surface area contributed by atoms with Gasteiger partial charge in [0.2, 0.25) is 0 Å². The van der Waals surface area contributed by atoms with E-state index < -0.39 is 0 Å². The first kappa shape index (κ1) is 8.55. The van der Waals surface area contributed by atoms with Crippen LogP contribution in [0.4, 0.5) is 11.6 Å². The van der Waals surface area contributed by atoms with Crippen LogP contribution in [0, 0.1) is 6.92 Å². The maximum absolute atomic E-state index is 5.65. The summed E-state index contributed by atoms with van der Waals surface area (Å²) >= 11 is 0. The number of rotatable bonds is 1. The molecule has 0 spiro atoms. The van der Waals surface area contributed by atoms with Gasteiger partial charge < -0.3 is 16.0 Å². The molecule has 0 unspecified atom stereocenters. The first-order chi connectivity index (χ1) is 6.66. The van der Waals surface area contributed by atoms with Crippen molar-refractivity contribution in [3.63, 3.8) is 0 Å². The van der Waals surface area contributed by atoms with E-state index in [-0.39, 0.29) is 5.95 Å². The third-order valence-electron chi connectivity index (χ3n) is 1.93.